The molecule has 0 aromatic heterocycles. The minimum absolute atomic E-state index is 0.0749. The van der Waals surface area contributed by atoms with Gasteiger partial charge in [-0.15, -0.1) is 0 Å². The van der Waals surface area contributed by atoms with Gasteiger partial charge in [0, 0.05) is 13.0 Å². The van der Waals surface area contributed by atoms with Gasteiger partial charge in [0.2, 0.25) is 11.8 Å². The van der Waals surface area contributed by atoms with E-state index in [2.05, 4.69) is 0 Å². The van der Waals surface area contributed by atoms with Crippen molar-refractivity contribution in [3.8, 4) is 0 Å². The van der Waals surface area contributed by atoms with E-state index in [1.54, 1.807) is 31.3 Å². The Bertz CT molecular complexity index is 659. The number of alkyl halides is 3. The first kappa shape index (κ1) is 16.8. The van der Waals surface area contributed by atoms with Crippen LogP contribution in [0.2, 0.25) is 0 Å². The smallest absolute Gasteiger partial charge is 0.312 e. The van der Waals surface area contributed by atoms with Crippen molar-refractivity contribution in [2.75, 3.05) is 23.4 Å². The zero-order valence-electron chi connectivity index (χ0n) is 13.3. The maximum atomic E-state index is 13.0. The van der Waals surface area contributed by atoms with Gasteiger partial charge >= 0.3 is 6.18 Å². The number of carbonyl (C=O) groups is 2. The number of hydrogen-bond acceptors (Lipinski definition) is 2. The standard InChI is InChI=1S/C17H19F3N2O2/c1-21-13-7-2-3-8-14(13)22(10-15(21)23)16(24)11-5-4-6-12(9-11)17(18,19)20/h2-3,7-8,11-12H,4-6,9-10H2,1H3/t11-,12+/m1/s1. The molecule has 1 heterocycles. The maximum Gasteiger partial charge on any atom is 0.391 e. The summed E-state index contributed by atoms with van der Waals surface area (Å²) in [5.74, 6) is -2.74. The second kappa shape index (κ2) is 6.11. The number of amides is 2. The zero-order chi connectivity index (χ0) is 17.5. The Hall–Kier alpha value is -2.05. The minimum atomic E-state index is -4.27. The molecule has 1 saturated carbocycles. The van der Waals surface area contributed by atoms with Gasteiger partial charge in [-0.2, -0.15) is 13.2 Å². The van der Waals surface area contributed by atoms with Crippen molar-refractivity contribution in [2.45, 2.75) is 31.9 Å². The fourth-order valence-electron chi connectivity index (χ4n) is 3.57. The quantitative estimate of drug-likeness (QED) is 0.786. The molecule has 7 heteroatoms. The fraction of sp³-hybridized carbons (Fsp3) is 0.529. The van der Waals surface area contributed by atoms with E-state index in [-0.39, 0.29) is 31.2 Å². The van der Waals surface area contributed by atoms with Crippen molar-refractivity contribution in [3.05, 3.63) is 24.3 Å². The highest BCUT2D eigenvalue weighted by atomic mass is 19.4. The molecule has 4 nitrogen and oxygen atoms in total. The maximum absolute atomic E-state index is 13.0. The first-order chi connectivity index (χ1) is 11.3. The van der Waals surface area contributed by atoms with E-state index in [1.165, 1.54) is 9.80 Å². The Labute approximate surface area is 138 Å². The van der Waals surface area contributed by atoms with Crippen LogP contribution in [0.5, 0.6) is 0 Å². The van der Waals surface area contributed by atoms with Crippen LogP contribution in [-0.4, -0.2) is 31.6 Å². The second-order valence-electron chi connectivity index (χ2n) is 6.47. The van der Waals surface area contributed by atoms with E-state index in [0.717, 1.165) is 0 Å². The van der Waals surface area contributed by atoms with Crippen LogP contribution in [0.15, 0.2) is 24.3 Å². The number of para-hydroxylation sites is 2. The summed E-state index contributed by atoms with van der Waals surface area (Å²) in [6, 6.07) is 6.96. The molecule has 2 aliphatic rings. The average molecular weight is 340 g/mol. The molecule has 0 radical (unpaired) electrons. The third-order valence-electron chi connectivity index (χ3n) is 4.95. The number of rotatable bonds is 1. The molecule has 24 heavy (non-hydrogen) atoms. The topological polar surface area (TPSA) is 40.6 Å². The molecular formula is C17H19F3N2O2. The van der Waals surface area contributed by atoms with Gasteiger partial charge in [-0.3, -0.25) is 9.59 Å². The molecule has 2 amide bonds. The molecule has 2 atom stereocenters. The summed E-state index contributed by atoms with van der Waals surface area (Å²) in [4.78, 5) is 27.8. The summed E-state index contributed by atoms with van der Waals surface area (Å²) in [7, 11) is 1.63. The van der Waals surface area contributed by atoms with Gasteiger partial charge in [0.25, 0.3) is 0 Å². The monoisotopic (exact) mass is 340 g/mol. The van der Waals surface area contributed by atoms with E-state index < -0.39 is 18.0 Å². The van der Waals surface area contributed by atoms with Gasteiger partial charge in [0.05, 0.1) is 17.3 Å². The lowest BCUT2D eigenvalue weighted by Gasteiger charge is -2.37. The van der Waals surface area contributed by atoms with Crippen LogP contribution < -0.4 is 9.80 Å². The summed E-state index contributed by atoms with van der Waals surface area (Å²) in [6.07, 6.45) is -3.57. The van der Waals surface area contributed by atoms with Gasteiger partial charge in [0.15, 0.2) is 0 Å². The Morgan fingerprint density at radius 3 is 2.50 bits per heavy atom. The molecule has 3 rings (SSSR count). The Balaban J connectivity index is 1.85. The number of carbonyl (C=O) groups excluding carboxylic acids is 2. The van der Waals surface area contributed by atoms with Gasteiger partial charge in [-0.1, -0.05) is 18.6 Å². The van der Waals surface area contributed by atoms with Crippen molar-refractivity contribution in [1.29, 1.82) is 0 Å². The summed E-state index contributed by atoms with van der Waals surface area (Å²) >= 11 is 0. The molecule has 0 saturated heterocycles. The lowest BCUT2D eigenvalue weighted by atomic mass is 9.80. The van der Waals surface area contributed by atoms with Crippen LogP contribution >= 0.6 is 0 Å². The number of anilines is 2. The summed E-state index contributed by atoms with van der Waals surface area (Å²) < 4.78 is 39.0. The molecule has 1 aliphatic heterocycles. The van der Waals surface area contributed by atoms with Crippen LogP contribution in [0.3, 0.4) is 0 Å². The lowest BCUT2D eigenvalue weighted by Crippen LogP contribution is -2.49. The highest BCUT2D eigenvalue weighted by Crippen LogP contribution is 2.42. The molecule has 0 N–H and O–H groups in total. The largest absolute Gasteiger partial charge is 0.391 e. The van der Waals surface area contributed by atoms with E-state index in [9.17, 15) is 22.8 Å². The number of halogens is 3. The molecular weight excluding hydrogens is 321 g/mol. The molecule has 1 aromatic rings. The number of fused-ring (bicyclic) bond motifs is 1. The van der Waals surface area contributed by atoms with Crippen molar-refractivity contribution >= 4 is 23.2 Å². The summed E-state index contributed by atoms with van der Waals surface area (Å²) in [5, 5.41) is 0. The third kappa shape index (κ3) is 2.99. The van der Waals surface area contributed by atoms with Crippen LogP contribution in [0, 0.1) is 11.8 Å². The Morgan fingerprint density at radius 1 is 1.17 bits per heavy atom. The van der Waals surface area contributed by atoms with Crippen molar-refractivity contribution < 1.29 is 22.8 Å². The van der Waals surface area contributed by atoms with E-state index >= 15 is 0 Å². The Kier molecular flexibility index (Phi) is 4.27. The van der Waals surface area contributed by atoms with Crippen molar-refractivity contribution in [1.82, 2.24) is 0 Å². The van der Waals surface area contributed by atoms with E-state index in [4.69, 9.17) is 0 Å². The van der Waals surface area contributed by atoms with Gasteiger partial charge in [-0.25, -0.2) is 0 Å². The fourth-order valence-corrected chi connectivity index (χ4v) is 3.57. The molecule has 1 fully saturated rings. The molecule has 1 aromatic carbocycles. The molecule has 1 aliphatic carbocycles. The van der Waals surface area contributed by atoms with Gasteiger partial charge < -0.3 is 9.80 Å². The van der Waals surface area contributed by atoms with Crippen molar-refractivity contribution in [2.24, 2.45) is 11.8 Å². The second-order valence-corrected chi connectivity index (χ2v) is 6.47. The zero-order valence-corrected chi connectivity index (χ0v) is 13.3. The number of nitrogens with zero attached hydrogens (tertiary/aromatic N) is 2. The van der Waals surface area contributed by atoms with E-state index in [1.807, 2.05) is 0 Å². The molecule has 0 spiro atoms. The van der Waals surface area contributed by atoms with Crippen molar-refractivity contribution in [3.63, 3.8) is 0 Å². The third-order valence-corrected chi connectivity index (χ3v) is 4.95. The normalized spacial score (nSPS) is 24.8. The highest BCUT2D eigenvalue weighted by Gasteiger charge is 2.45. The number of likely N-dealkylation sites (N-methyl/N-ethyl adjacent to an activating group) is 1. The summed E-state index contributed by atoms with van der Waals surface area (Å²) in [6.45, 7) is -0.125. The molecule has 130 valence electrons. The molecule has 0 bridgehead atoms. The van der Waals surface area contributed by atoms with Crippen LogP contribution in [0.1, 0.15) is 25.7 Å². The predicted molar refractivity (Wildman–Crippen MR) is 83.7 cm³/mol. The minimum Gasteiger partial charge on any atom is -0.312 e. The van der Waals surface area contributed by atoms with Gasteiger partial charge in [0.1, 0.15) is 6.54 Å². The summed E-state index contributed by atoms with van der Waals surface area (Å²) in [5.41, 5.74) is 1.18. The number of benzene rings is 1. The number of hydrogen-bond donors (Lipinski definition) is 0. The van der Waals surface area contributed by atoms with E-state index in [0.29, 0.717) is 24.2 Å². The average Bonchev–Trinajstić information content (AvgIpc) is 2.57. The van der Waals surface area contributed by atoms with Gasteiger partial charge in [-0.05, 0) is 31.4 Å². The lowest BCUT2D eigenvalue weighted by molar-refractivity contribution is -0.186. The molecule has 0 unspecified atom stereocenters. The van der Waals surface area contributed by atoms with Crippen LogP contribution in [0.4, 0.5) is 24.5 Å². The first-order valence-electron chi connectivity index (χ1n) is 8.02. The SMILES string of the molecule is CN1C(=O)CN(C(=O)[C@@H]2CCC[C@H](C(F)(F)F)C2)c2ccccc21. The predicted octanol–water partition coefficient (Wildman–Crippen LogP) is 3.36. The first-order valence-corrected chi connectivity index (χ1v) is 8.02. The van der Waals surface area contributed by atoms with Crippen LogP contribution in [0.25, 0.3) is 0 Å². The highest BCUT2D eigenvalue weighted by molar-refractivity contribution is 6.11. The Morgan fingerprint density at radius 2 is 1.83 bits per heavy atom. The van der Waals surface area contributed by atoms with Crippen LogP contribution in [-0.2, 0) is 9.59 Å².